The first-order valence-electron chi connectivity index (χ1n) is 5.05. The molecule has 5 heteroatoms. The second kappa shape index (κ2) is 3.90. The number of methoxy groups -OCH3 is 1. The van der Waals surface area contributed by atoms with Gasteiger partial charge in [0.2, 0.25) is 0 Å². The number of carbonyl (C=O) groups excluding carboxylic acids is 2. The molecule has 15 heavy (non-hydrogen) atoms. The number of esters is 1. The summed E-state index contributed by atoms with van der Waals surface area (Å²) in [4.78, 5) is 22.9. The zero-order valence-corrected chi connectivity index (χ0v) is 8.65. The molecule has 2 aliphatic rings. The van der Waals surface area contributed by atoms with Crippen LogP contribution in [0.25, 0.3) is 0 Å². The van der Waals surface area contributed by atoms with E-state index in [9.17, 15) is 9.59 Å². The lowest BCUT2D eigenvalue weighted by atomic mass is 9.83. The molecule has 0 radical (unpaired) electrons. The highest BCUT2D eigenvalue weighted by atomic mass is 16.7. The second-order valence-corrected chi connectivity index (χ2v) is 3.85. The van der Waals surface area contributed by atoms with Gasteiger partial charge >= 0.3 is 5.97 Å². The molecule has 1 spiro atoms. The summed E-state index contributed by atoms with van der Waals surface area (Å²) in [7, 11) is 1.28. The Morgan fingerprint density at radius 2 is 2.13 bits per heavy atom. The van der Waals surface area contributed by atoms with Gasteiger partial charge in [0, 0.05) is 19.3 Å². The minimum atomic E-state index is -0.721. The Balaban J connectivity index is 2.10. The first kappa shape index (κ1) is 10.6. The standard InChI is InChI=1S/C10H14O5/c1-13-9(12)7-6-10(3-2-8(7)11)14-4-5-15-10/h7H,2-6H2,1H3/t7-/m1/s1. The minimum Gasteiger partial charge on any atom is -0.468 e. The van der Waals surface area contributed by atoms with Crippen molar-refractivity contribution < 1.29 is 23.8 Å². The summed E-state index contributed by atoms with van der Waals surface area (Å²) in [6.45, 7) is 1.06. The van der Waals surface area contributed by atoms with Crippen molar-refractivity contribution in [2.75, 3.05) is 20.3 Å². The van der Waals surface area contributed by atoms with Crippen molar-refractivity contribution >= 4 is 11.8 Å². The smallest absolute Gasteiger partial charge is 0.316 e. The molecule has 1 aliphatic carbocycles. The Morgan fingerprint density at radius 1 is 1.47 bits per heavy atom. The average Bonchev–Trinajstić information content (AvgIpc) is 2.70. The van der Waals surface area contributed by atoms with Gasteiger partial charge in [-0.3, -0.25) is 9.59 Å². The number of Topliss-reactive ketones (excluding diaryl/α,β-unsaturated/α-hetero) is 1. The molecule has 0 N–H and O–H groups in total. The van der Waals surface area contributed by atoms with Gasteiger partial charge in [-0.2, -0.15) is 0 Å². The molecule has 0 amide bonds. The Hall–Kier alpha value is -0.940. The van der Waals surface area contributed by atoms with Crippen molar-refractivity contribution in [3.63, 3.8) is 0 Å². The third-order valence-electron chi connectivity index (χ3n) is 2.96. The summed E-state index contributed by atoms with van der Waals surface area (Å²) in [5, 5.41) is 0. The summed E-state index contributed by atoms with van der Waals surface area (Å²) in [5.74, 6) is -2.00. The third-order valence-corrected chi connectivity index (χ3v) is 2.96. The number of carbonyl (C=O) groups is 2. The average molecular weight is 214 g/mol. The summed E-state index contributed by atoms with van der Waals surface area (Å²) >= 11 is 0. The van der Waals surface area contributed by atoms with E-state index in [0.717, 1.165) is 0 Å². The number of rotatable bonds is 1. The number of ketones is 1. The zero-order chi connectivity index (χ0) is 10.9. The maximum atomic E-state index is 11.5. The molecule has 1 saturated carbocycles. The van der Waals surface area contributed by atoms with Crippen molar-refractivity contribution in [1.29, 1.82) is 0 Å². The lowest BCUT2D eigenvalue weighted by molar-refractivity contribution is -0.195. The van der Waals surface area contributed by atoms with Crippen molar-refractivity contribution in [2.45, 2.75) is 25.0 Å². The number of hydrogen-bond donors (Lipinski definition) is 0. The van der Waals surface area contributed by atoms with Gasteiger partial charge in [0.25, 0.3) is 0 Å². The SMILES string of the molecule is COC(=O)[C@@H]1CC2(CCC1=O)OCCO2. The predicted octanol–water partition coefficient (Wildman–Crippen LogP) is 0.272. The van der Waals surface area contributed by atoms with Gasteiger partial charge in [0.05, 0.1) is 20.3 Å². The molecule has 1 aliphatic heterocycles. The highest BCUT2D eigenvalue weighted by molar-refractivity contribution is 5.99. The largest absolute Gasteiger partial charge is 0.468 e. The van der Waals surface area contributed by atoms with E-state index in [1.54, 1.807) is 0 Å². The summed E-state index contributed by atoms with van der Waals surface area (Å²) in [6, 6.07) is 0. The van der Waals surface area contributed by atoms with Crippen molar-refractivity contribution in [3.05, 3.63) is 0 Å². The number of hydrogen-bond acceptors (Lipinski definition) is 5. The molecule has 1 saturated heterocycles. The van der Waals surface area contributed by atoms with Crippen molar-refractivity contribution in [3.8, 4) is 0 Å². The van der Waals surface area contributed by atoms with Crippen LogP contribution in [0.4, 0.5) is 0 Å². The van der Waals surface area contributed by atoms with E-state index < -0.39 is 17.7 Å². The van der Waals surface area contributed by atoms with Crippen LogP contribution in [-0.4, -0.2) is 37.9 Å². The van der Waals surface area contributed by atoms with Crippen molar-refractivity contribution in [1.82, 2.24) is 0 Å². The molecule has 2 rings (SSSR count). The van der Waals surface area contributed by atoms with Gasteiger partial charge < -0.3 is 14.2 Å². The van der Waals surface area contributed by atoms with E-state index in [1.807, 2.05) is 0 Å². The molecular weight excluding hydrogens is 200 g/mol. The fourth-order valence-corrected chi connectivity index (χ4v) is 2.13. The molecule has 0 unspecified atom stereocenters. The Bertz CT molecular complexity index is 272. The fraction of sp³-hybridized carbons (Fsp3) is 0.800. The number of ether oxygens (including phenoxy) is 3. The lowest BCUT2D eigenvalue weighted by Crippen LogP contribution is -2.43. The summed E-state index contributed by atoms with van der Waals surface area (Å²) in [5.41, 5.74) is 0. The molecule has 0 aromatic carbocycles. The molecule has 2 fully saturated rings. The fourth-order valence-electron chi connectivity index (χ4n) is 2.13. The van der Waals surface area contributed by atoms with Crippen LogP contribution in [0.5, 0.6) is 0 Å². The van der Waals surface area contributed by atoms with Gasteiger partial charge in [-0.15, -0.1) is 0 Å². The van der Waals surface area contributed by atoms with E-state index >= 15 is 0 Å². The van der Waals surface area contributed by atoms with Gasteiger partial charge in [0.15, 0.2) is 5.79 Å². The van der Waals surface area contributed by atoms with Gasteiger partial charge in [-0.1, -0.05) is 0 Å². The maximum absolute atomic E-state index is 11.5. The van der Waals surface area contributed by atoms with Crippen LogP contribution in [0.3, 0.4) is 0 Å². The molecular formula is C10H14O5. The molecule has 1 heterocycles. The topological polar surface area (TPSA) is 61.8 Å². The van der Waals surface area contributed by atoms with Gasteiger partial charge in [-0.05, 0) is 0 Å². The van der Waals surface area contributed by atoms with Crippen molar-refractivity contribution in [2.24, 2.45) is 5.92 Å². The first-order chi connectivity index (χ1) is 7.17. The predicted molar refractivity (Wildman–Crippen MR) is 49.0 cm³/mol. The Kier molecular flexibility index (Phi) is 2.75. The van der Waals surface area contributed by atoms with Crippen LogP contribution in [0.2, 0.25) is 0 Å². The highest BCUT2D eigenvalue weighted by Gasteiger charge is 2.47. The summed E-state index contributed by atoms with van der Waals surface area (Å²) in [6.07, 6.45) is 1.15. The van der Waals surface area contributed by atoms with E-state index in [4.69, 9.17) is 9.47 Å². The third kappa shape index (κ3) is 1.89. The molecule has 0 aromatic rings. The van der Waals surface area contributed by atoms with E-state index in [0.29, 0.717) is 32.5 Å². The summed E-state index contributed by atoms with van der Waals surface area (Å²) < 4.78 is 15.5. The Morgan fingerprint density at radius 3 is 2.73 bits per heavy atom. The first-order valence-corrected chi connectivity index (χ1v) is 5.05. The minimum absolute atomic E-state index is 0.0772. The molecule has 1 atom stereocenters. The van der Waals surface area contributed by atoms with E-state index in [2.05, 4.69) is 4.74 Å². The molecule has 84 valence electrons. The van der Waals surface area contributed by atoms with E-state index in [-0.39, 0.29) is 5.78 Å². The van der Waals surface area contributed by atoms with Crippen LogP contribution in [-0.2, 0) is 23.8 Å². The Labute approximate surface area is 87.7 Å². The van der Waals surface area contributed by atoms with Crippen LogP contribution in [0, 0.1) is 5.92 Å². The van der Waals surface area contributed by atoms with Gasteiger partial charge in [-0.25, -0.2) is 0 Å². The molecule has 5 nitrogen and oxygen atoms in total. The zero-order valence-electron chi connectivity index (χ0n) is 8.65. The molecule has 0 aromatic heterocycles. The van der Waals surface area contributed by atoms with Gasteiger partial charge in [0.1, 0.15) is 11.7 Å². The van der Waals surface area contributed by atoms with Crippen LogP contribution in [0.1, 0.15) is 19.3 Å². The monoisotopic (exact) mass is 214 g/mol. The molecule has 0 bridgehead atoms. The normalized spacial score (nSPS) is 29.4. The van der Waals surface area contributed by atoms with E-state index in [1.165, 1.54) is 7.11 Å². The highest BCUT2D eigenvalue weighted by Crippen LogP contribution is 2.37. The maximum Gasteiger partial charge on any atom is 0.316 e. The van der Waals surface area contributed by atoms with Crippen LogP contribution in [0.15, 0.2) is 0 Å². The van der Waals surface area contributed by atoms with Crippen LogP contribution < -0.4 is 0 Å². The quantitative estimate of drug-likeness (QED) is 0.463. The lowest BCUT2D eigenvalue weighted by Gasteiger charge is -2.33. The van der Waals surface area contributed by atoms with Crippen LogP contribution >= 0.6 is 0 Å². The second-order valence-electron chi connectivity index (χ2n) is 3.85.